The minimum absolute atomic E-state index is 0.0307. The molecule has 0 aliphatic carbocycles. The molecule has 0 aliphatic heterocycles. The van der Waals surface area contributed by atoms with Crippen LogP contribution in [-0.4, -0.2) is 29.9 Å². The third-order valence-corrected chi connectivity index (χ3v) is 4.23. The lowest BCUT2D eigenvalue weighted by Gasteiger charge is -2.15. The van der Waals surface area contributed by atoms with E-state index in [-0.39, 0.29) is 11.7 Å². The largest absolute Gasteiger partial charge is 0.504 e. The molecule has 3 rings (SSSR count). The molecule has 1 amide bonds. The number of hydrazone groups is 1. The van der Waals surface area contributed by atoms with Crippen LogP contribution in [0.3, 0.4) is 0 Å². The van der Waals surface area contributed by atoms with Crippen LogP contribution in [0.2, 0.25) is 0 Å². The highest BCUT2D eigenvalue weighted by atomic mass is 16.5. The Morgan fingerprint density at radius 1 is 1.18 bits per heavy atom. The first-order valence-electron chi connectivity index (χ1n) is 9.11. The standard InChI is InChI=1S/C22H23N3O3/c1-3-28-21-12-11-16(13-20(21)26)14-23-25-22(27)15(2)24-19-10-6-8-17-7-4-5-9-18(17)19/h4-15,24,26H,3H2,1-2H3,(H,25,27)/b23-14+. The Balaban J connectivity index is 1.61. The molecule has 6 nitrogen and oxygen atoms in total. The number of aromatic hydroxyl groups is 1. The van der Waals surface area contributed by atoms with Gasteiger partial charge in [0.25, 0.3) is 5.91 Å². The van der Waals surface area contributed by atoms with E-state index in [4.69, 9.17) is 4.74 Å². The second kappa shape index (κ2) is 8.90. The van der Waals surface area contributed by atoms with E-state index >= 15 is 0 Å². The fraction of sp³-hybridized carbons (Fsp3) is 0.182. The molecule has 3 aromatic carbocycles. The van der Waals surface area contributed by atoms with Crippen LogP contribution < -0.4 is 15.5 Å². The number of amides is 1. The lowest BCUT2D eigenvalue weighted by Crippen LogP contribution is -2.34. The summed E-state index contributed by atoms with van der Waals surface area (Å²) in [7, 11) is 0. The molecule has 0 heterocycles. The zero-order valence-corrected chi connectivity index (χ0v) is 15.8. The number of phenols is 1. The summed E-state index contributed by atoms with van der Waals surface area (Å²) in [6.45, 7) is 4.09. The first-order valence-corrected chi connectivity index (χ1v) is 9.11. The number of rotatable bonds is 7. The van der Waals surface area contributed by atoms with E-state index in [1.165, 1.54) is 12.3 Å². The smallest absolute Gasteiger partial charge is 0.262 e. The Labute approximate surface area is 163 Å². The highest BCUT2D eigenvalue weighted by molar-refractivity contribution is 5.96. The van der Waals surface area contributed by atoms with Crippen LogP contribution in [0.1, 0.15) is 19.4 Å². The summed E-state index contributed by atoms with van der Waals surface area (Å²) >= 11 is 0. The topological polar surface area (TPSA) is 83.0 Å². The van der Waals surface area contributed by atoms with E-state index in [1.807, 2.05) is 49.4 Å². The van der Waals surface area contributed by atoms with Gasteiger partial charge in [-0.15, -0.1) is 0 Å². The van der Waals surface area contributed by atoms with E-state index in [9.17, 15) is 9.90 Å². The predicted octanol–water partition coefficient (Wildman–Crippen LogP) is 3.89. The Morgan fingerprint density at radius 3 is 2.75 bits per heavy atom. The molecule has 0 fully saturated rings. The summed E-state index contributed by atoms with van der Waals surface area (Å²) in [6, 6.07) is 18.4. The van der Waals surface area contributed by atoms with Gasteiger partial charge in [0.2, 0.25) is 0 Å². The molecule has 0 saturated carbocycles. The zero-order valence-electron chi connectivity index (χ0n) is 15.8. The molecule has 3 aromatic rings. The van der Waals surface area contributed by atoms with Crippen molar-refractivity contribution in [3.8, 4) is 11.5 Å². The van der Waals surface area contributed by atoms with Crippen LogP contribution in [-0.2, 0) is 4.79 Å². The van der Waals surface area contributed by atoms with E-state index < -0.39 is 6.04 Å². The Morgan fingerprint density at radius 2 is 1.96 bits per heavy atom. The van der Waals surface area contributed by atoms with Crippen molar-refractivity contribution in [3.63, 3.8) is 0 Å². The Kier molecular flexibility index (Phi) is 6.11. The van der Waals surface area contributed by atoms with Gasteiger partial charge in [-0.1, -0.05) is 36.4 Å². The quantitative estimate of drug-likeness (QED) is 0.431. The van der Waals surface area contributed by atoms with Crippen LogP contribution in [0.4, 0.5) is 5.69 Å². The summed E-state index contributed by atoms with van der Waals surface area (Å²) in [5.41, 5.74) is 4.05. The number of nitrogens with zero attached hydrogens (tertiary/aromatic N) is 1. The van der Waals surface area contributed by atoms with Crippen molar-refractivity contribution in [2.75, 3.05) is 11.9 Å². The molecule has 1 atom stereocenters. The maximum Gasteiger partial charge on any atom is 0.262 e. The maximum atomic E-state index is 12.3. The van der Waals surface area contributed by atoms with Crippen LogP contribution in [0, 0.1) is 0 Å². The number of hydrogen-bond acceptors (Lipinski definition) is 5. The molecule has 0 aromatic heterocycles. The number of carbonyl (C=O) groups is 1. The van der Waals surface area contributed by atoms with Gasteiger partial charge in [0.1, 0.15) is 6.04 Å². The molecule has 6 heteroatoms. The van der Waals surface area contributed by atoms with Gasteiger partial charge in [0.05, 0.1) is 12.8 Å². The van der Waals surface area contributed by atoms with Gasteiger partial charge in [-0.25, -0.2) is 5.43 Å². The number of fused-ring (bicyclic) bond motifs is 1. The zero-order chi connectivity index (χ0) is 19.9. The van der Waals surface area contributed by atoms with E-state index in [0.29, 0.717) is 17.9 Å². The van der Waals surface area contributed by atoms with Crippen molar-refractivity contribution >= 4 is 28.6 Å². The van der Waals surface area contributed by atoms with Crippen molar-refractivity contribution < 1.29 is 14.6 Å². The summed E-state index contributed by atoms with van der Waals surface area (Å²) in [5.74, 6) is 0.180. The molecular formula is C22H23N3O3. The molecule has 1 unspecified atom stereocenters. The number of anilines is 1. The molecule has 0 radical (unpaired) electrons. The average molecular weight is 377 g/mol. The third kappa shape index (κ3) is 4.59. The summed E-state index contributed by atoms with van der Waals surface area (Å²) < 4.78 is 5.28. The number of phenolic OH excluding ortho intramolecular Hbond substituents is 1. The summed E-state index contributed by atoms with van der Waals surface area (Å²) in [6.07, 6.45) is 1.47. The van der Waals surface area contributed by atoms with Gasteiger partial charge in [-0.2, -0.15) is 5.10 Å². The number of hydrogen-bond donors (Lipinski definition) is 3. The van der Waals surface area contributed by atoms with Crippen LogP contribution >= 0.6 is 0 Å². The SMILES string of the molecule is CCOc1ccc(/C=N/NC(=O)C(C)Nc2cccc3ccccc23)cc1O. The molecule has 3 N–H and O–H groups in total. The fourth-order valence-corrected chi connectivity index (χ4v) is 2.81. The molecule has 28 heavy (non-hydrogen) atoms. The highest BCUT2D eigenvalue weighted by Crippen LogP contribution is 2.26. The van der Waals surface area contributed by atoms with Crippen molar-refractivity contribution in [2.24, 2.45) is 5.10 Å². The molecule has 0 saturated heterocycles. The number of ether oxygens (including phenoxy) is 1. The van der Waals surface area contributed by atoms with E-state index in [1.54, 1.807) is 19.1 Å². The summed E-state index contributed by atoms with van der Waals surface area (Å²) in [5, 5.41) is 19.2. The number of carbonyl (C=O) groups excluding carboxylic acids is 1. The normalized spacial score (nSPS) is 12.1. The summed E-state index contributed by atoms with van der Waals surface area (Å²) in [4.78, 5) is 12.3. The lowest BCUT2D eigenvalue weighted by atomic mass is 10.1. The second-order valence-electron chi connectivity index (χ2n) is 6.29. The van der Waals surface area contributed by atoms with E-state index in [2.05, 4.69) is 15.8 Å². The average Bonchev–Trinajstić information content (AvgIpc) is 2.70. The van der Waals surface area contributed by atoms with Gasteiger partial charge in [0.15, 0.2) is 11.5 Å². The lowest BCUT2D eigenvalue weighted by molar-refractivity contribution is -0.121. The Bertz CT molecular complexity index is 996. The number of benzene rings is 3. The van der Waals surface area contributed by atoms with Crippen molar-refractivity contribution in [2.45, 2.75) is 19.9 Å². The minimum atomic E-state index is -0.475. The van der Waals surface area contributed by atoms with Crippen LogP contribution in [0.5, 0.6) is 11.5 Å². The monoisotopic (exact) mass is 377 g/mol. The van der Waals surface area contributed by atoms with Gasteiger partial charge < -0.3 is 15.2 Å². The van der Waals surface area contributed by atoms with E-state index in [0.717, 1.165) is 16.5 Å². The fourth-order valence-electron chi connectivity index (χ4n) is 2.81. The molecule has 0 aliphatic rings. The van der Waals surface area contributed by atoms with Gasteiger partial charge in [-0.3, -0.25) is 4.79 Å². The maximum absolute atomic E-state index is 12.3. The van der Waals surface area contributed by atoms with Crippen LogP contribution in [0.25, 0.3) is 10.8 Å². The number of nitrogens with one attached hydrogen (secondary N) is 2. The first kappa shape index (κ1) is 19.2. The molecule has 0 spiro atoms. The predicted molar refractivity (Wildman–Crippen MR) is 112 cm³/mol. The molecule has 0 bridgehead atoms. The van der Waals surface area contributed by atoms with Crippen molar-refractivity contribution in [3.05, 3.63) is 66.2 Å². The second-order valence-corrected chi connectivity index (χ2v) is 6.29. The van der Waals surface area contributed by atoms with Gasteiger partial charge >= 0.3 is 0 Å². The van der Waals surface area contributed by atoms with Crippen molar-refractivity contribution in [1.82, 2.24) is 5.43 Å². The highest BCUT2D eigenvalue weighted by Gasteiger charge is 2.13. The van der Waals surface area contributed by atoms with Gasteiger partial charge in [-0.05, 0) is 49.1 Å². The van der Waals surface area contributed by atoms with Crippen LogP contribution in [0.15, 0.2) is 65.8 Å². The minimum Gasteiger partial charge on any atom is -0.504 e. The first-order chi connectivity index (χ1) is 13.6. The molecule has 144 valence electrons. The van der Waals surface area contributed by atoms with Gasteiger partial charge in [0, 0.05) is 11.1 Å². The van der Waals surface area contributed by atoms with Crippen molar-refractivity contribution in [1.29, 1.82) is 0 Å². The Hall–Kier alpha value is -3.54. The third-order valence-electron chi connectivity index (χ3n) is 4.23. The molecular weight excluding hydrogens is 354 g/mol.